The van der Waals surface area contributed by atoms with Crippen LogP contribution in [-0.2, 0) is 6.18 Å². The molecule has 1 unspecified atom stereocenters. The molecule has 0 fully saturated rings. The number of phenols is 1. The lowest BCUT2D eigenvalue weighted by Gasteiger charge is -2.22. The van der Waals surface area contributed by atoms with E-state index >= 15 is 0 Å². The second-order valence-corrected chi connectivity index (χ2v) is 8.20. The van der Waals surface area contributed by atoms with E-state index in [1.807, 2.05) is 42.6 Å². The molecular formula is C22H16ClF3N2OS. The van der Waals surface area contributed by atoms with Crippen LogP contribution in [0.15, 0.2) is 60.0 Å². The van der Waals surface area contributed by atoms with Gasteiger partial charge >= 0.3 is 6.18 Å². The van der Waals surface area contributed by atoms with E-state index < -0.39 is 17.8 Å². The molecule has 0 saturated heterocycles. The van der Waals surface area contributed by atoms with E-state index in [9.17, 15) is 18.3 Å². The summed E-state index contributed by atoms with van der Waals surface area (Å²) in [7, 11) is 0. The first-order valence-corrected chi connectivity index (χ1v) is 10.3. The lowest BCUT2D eigenvalue weighted by molar-refractivity contribution is -0.137. The second kappa shape index (κ2) is 7.81. The molecular weight excluding hydrogens is 433 g/mol. The van der Waals surface area contributed by atoms with E-state index in [1.165, 1.54) is 17.4 Å². The smallest absolute Gasteiger partial charge is 0.416 e. The molecule has 154 valence electrons. The minimum Gasteiger partial charge on any atom is -0.505 e. The average molecular weight is 449 g/mol. The summed E-state index contributed by atoms with van der Waals surface area (Å²) < 4.78 is 39.6. The van der Waals surface area contributed by atoms with E-state index in [0.29, 0.717) is 11.1 Å². The van der Waals surface area contributed by atoms with Gasteiger partial charge in [-0.3, -0.25) is 0 Å². The summed E-state index contributed by atoms with van der Waals surface area (Å²) in [6.45, 7) is 1.82. The Morgan fingerprint density at radius 1 is 1.10 bits per heavy atom. The van der Waals surface area contributed by atoms with Crippen molar-refractivity contribution >= 4 is 39.5 Å². The zero-order valence-electron chi connectivity index (χ0n) is 15.7. The molecule has 8 heteroatoms. The largest absolute Gasteiger partial charge is 0.505 e. The summed E-state index contributed by atoms with van der Waals surface area (Å²) in [6, 6.07) is 13.5. The van der Waals surface area contributed by atoms with Gasteiger partial charge in [-0.1, -0.05) is 35.9 Å². The number of nitrogens with zero attached hydrogens (tertiary/aromatic N) is 1. The quantitative estimate of drug-likeness (QED) is 0.347. The van der Waals surface area contributed by atoms with Crippen LogP contribution in [0.4, 0.5) is 18.9 Å². The molecule has 0 amide bonds. The summed E-state index contributed by atoms with van der Waals surface area (Å²) in [5.74, 6) is -0.0230. The lowest BCUT2D eigenvalue weighted by Crippen LogP contribution is -2.13. The minimum absolute atomic E-state index is 0.0230. The van der Waals surface area contributed by atoms with Crippen molar-refractivity contribution in [1.82, 2.24) is 4.98 Å². The topological polar surface area (TPSA) is 45.1 Å². The molecule has 30 heavy (non-hydrogen) atoms. The maximum Gasteiger partial charge on any atom is 0.416 e. The molecule has 0 bridgehead atoms. The van der Waals surface area contributed by atoms with Crippen molar-refractivity contribution in [3.63, 3.8) is 0 Å². The summed E-state index contributed by atoms with van der Waals surface area (Å²) in [6.07, 6.45) is -4.49. The molecule has 4 rings (SSSR count). The van der Waals surface area contributed by atoms with Crippen LogP contribution in [0.3, 0.4) is 0 Å². The van der Waals surface area contributed by atoms with Crippen molar-refractivity contribution in [2.45, 2.75) is 19.1 Å². The Hall–Kier alpha value is -2.77. The number of halogens is 4. The van der Waals surface area contributed by atoms with Crippen LogP contribution in [0.5, 0.6) is 5.75 Å². The number of hydrogen-bond donors (Lipinski definition) is 2. The van der Waals surface area contributed by atoms with Crippen LogP contribution in [0.25, 0.3) is 10.9 Å². The van der Waals surface area contributed by atoms with E-state index in [4.69, 9.17) is 11.6 Å². The van der Waals surface area contributed by atoms with E-state index in [-0.39, 0.29) is 16.5 Å². The summed E-state index contributed by atoms with van der Waals surface area (Å²) in [5.41, 5.74) is 1.000. The third kappa shape index (κ3) is 3.95. The number of aromatic hydroxyl groups is 1. The number of aryl methyl sites for hydroxylation is 1. The fourth-order valence-corrected chi connectivity index (χ4v) is 4.21. The number of aromatic nitrogens is 1. The highest BCUT2D eigenvalue weighted by Gasteiger charge is 2.31. The Kier molecular flexibility index (Phi) is 5.34. The molecule has 4 aromatic rings. The Morgan fingerprint density at radius 2 is 1.87 bits per heavy atom. The molecule has 2 aromatic heterocycles. The molecule has 2 N–H and O–H groups in total. The molecule has 3 nitrogen and oxygen atoms in total. The second-order valence-electron chi connectivity index (χ2n) is 6.81. The van der Waals surface area contributed by atoms with Crippen LogP contribution in [0, 0.1) is 6.92 Å². The van der Waals surface area contributed by atoms with Gasteiger partial charge in [0.05, 0.1) is 22.3 Å². The van der Waals surface area contributed by atoms with E-state index in [0.717, 1.165) is 28.1 Å². The van der Waals surface area contributed by atoms with E-state index in [1.54, 1.807) is 6.07 Å². The number of nitrogens with one attached hydrogen (secondary N) is 1. The van der Waals surface area contributed by atoms with Gasteiger partial charge in [0.15, 0.2) is 0 Å². The van der Waals surface area contributed by atoms with Gasteiger partial charge in [-0.05, 0) is 42.6 Å². The molecule has 0 saturated carbocycles. The molecule has 0 aliphatic heterocycles. The third-order valence-corrected chi connectivity index (χ3v) is 6.00. The number of benzene rings is 2. The molecule has 0 aliphatic rings. The zero-order valence-corrected chi connectivity index (χ0v) is 17.2. The van der Waals surface area contributed by atoms with E-state index in [2.05, 4.69) is 10.3 Å². The maximum atomic E-state index is 13.2. The van der Waals surface area contributed by atoms with Crippen molar-refractivity contribution in [1.29, 1.82) is 0 Å². The Labute approximate surface area is 179 Å². The monoisotopic (exact) mass is 448 g/mol. The van der Waals surface area contributed by atoms with Gasteiger partial charge in [-0.2, -0.15) is 13.2 Å². The molecule has 0 spiro atoms. The van der Waals surface area contributed by atoms with Gasteiger partial charge in [0, 0.05) is 21.5 Å². The predicted octanol–water partition coefficient (Wildman–Crippen LogP) is 7.18. The molecule has 1 atom stereocenters. The first-order chi connectivity index (χ1) is 14.2. The number of pyridine rings is 1. The highest BCUT2D eigenvalue weighted by molar-refractivity contribution is 7.10. The van der Waals surface area contributed by atoms with Gasteiger partial charge in [0.2, 0.25) is 0 Å². The van der Waals surface area contributed by atoms with Gasteiger partial charge in [-0.25, -0.2) is 4.98 Å². The average Bonchev–Trinajstić information content (AvgIpc) is 3.22. The maximum absolute atomic E-state index is 13.2. The van der Waals surface area contributed by atoms with Crippen LogP contribution in [0.2, 0.25) is 5.02 Å². The van der Waals surface area contributed by atoms with Crippen molar-refractivity contribution in [2.24, 2.45) is 0 Å². The Morgan fingerprint density at radius 3 is 2.57 bits per heavy atom. The SMILES string of the molecule is Cc1ccc2ccc(C(Nc3cc(C(F)(F)F)ccc3Cl)c3cccs3)c(O)c2n1. The number of rotatable bonds is 4. The van der Waals surface area contributed by atoms with Crippen LogP contribution >= 0.6 is 22.9 Å². The van der Waals surface area contributed by atoms with Crippen LogP contribution in [0.1, 0.15) is 27.7 Å². The van der Waals surface area contributed by atoms with Crippen molar-refractivity contribution < 1.29 is 18.3 Å². The third-order valence-electron chi connectivity index (χ3n) is 4.74. The zero-order chi connectivity index (χ0) is 21.5. The molecule has 2 aromatic carbocycles. The number of fused-ring (bicyclic) bond motifs is 1. The predicted molar refractivity (Wildman–Crippen MR) is 114 cm³/mol. The highest BCUT2D eigenvalue weighted by Crippen LogP contribution is 2.40. The first kappa shape index (κ1) is 20.5. The lowest BCUT2D eigenvalue weighted by atomic mass is 10.0. The number of hydrogen-bond acceptors (Lipinski definition) is 4. The molecule has 0 radical (unpaired) electrons. The highest BCUT2D eigenvalue weighted by atomic mass is 35.5. The van der Waals surface area contributed by atoms with Gasteiger partial charge in [0.25, 0.3) is 0 Å². The number of thiophene rings is 1. The van der Waals surface area contributed by atoms with Crippen molar-refractivity contribution in [3.8, 4) is 5.75 Å². The molecule has 2 heterocycles. The number of alkyl halides is 3. The fourth-order valence-electron chi connectivity index (χ4n) is 3.25. The fraction of sp³-hybridized carbons (Fsp3) is 0.136. The minimum atomic E-state index is -4.49. The summed E-state index contributed by atoms with van der Waals surface area (Å²) in [4.78, 5) is 5.23. The summed E-state index contributed by atoms with van der Waals surface area (Å²) in [5, 5.41) is 16.8. The van der Waals surface area contributed by atoms with Crippen LogP contribution in [-0.4, -0.2) is 10.1 Å². The molecule has 0 aliphatic carbocycles. The summed E-state index contributed by atoms with van der Waals surface area (Å²) >= 11 is 7.61. The van der Waals surface area contributed by atoms with Gasteiger partial charge in [0.1, 0.15) is 11.3 Å². The Bertz CT molecular complexity index is 1210. The van der Waals surface area contributed by atoms with Crippen molar-refractivity contribution in [3.05, 3.63) is 86.7 Å². The number of phenolic OH excluding ortho intramolecular Hbond substituents is 1. The number of anilines is 1. The van der Waals surface area contributed by atoms with Crippen LogP contribution < -0.4 is 5.32 Å². The van der Waals surface area contributed by atoms with Crippen molar-refractivity contribution in [2.75, 3.05) is 5.32 Å². The normalized spacial score (nSPS) is 12.8. The first-order valence-electron chi connectivity index (χ1n) is 9.00. The van der Waals surface area contributed by atoms with Gasteiger partial charge < -0.3 is 10.4 Å². The standard InChI is InChI=1S/C22H16ClF3N2OS/c1-12-4-5-13-6-8-15(21(29)19(13)27-12)20(18-3-2-10-30-18)28-17-11-14(22(24,25)26)7-9-16(17)23/h2-11,20,28-29H,1H3. The van der Waals surface area contributed by atoms with Gasteiger partial charge in [-0.15, -0.1) is 11.3 Å². The Balaban J connectivity index is 1.84.